The molecule has 0 atom stereocenters. The highest BCUT2D eigenvalue weighted by Gasteiger charge is 2.11. The second-order valence-electron chi connectivity index (χ2n) is 4.70. The van der Waals surface area contributed by atoms with Gasteiger partial charge in [0.15, 0.2) is 0 Å². The van der Waals surface area contributed by atoms with Gasteiger partial charge in [-0.25, -0.2) is 4.98 Å². The first-order chi connectivity index (χ1) is 9.08. The minimum absolute atomic E-state index is 0.0749. The molecule has 2 aromatic heterocycles. The maximum absolute atomic E-state index is 12.4. The summed E-state index contributed by atoms with van der Waals surface area (Å²) in [5.74, 6) is 0.410. The van der Waals surface area contributed by atoms with Crippen LogP contribution in [-0.4, -0.2) is 15.9 Å². The summed E-state index contributed by atoms with van der Waals surface area (Å²) in [5, 5.41) is 4.97. The van der Waals surface area contributed by atoms with Crippen molar-refractivity contribution in [3.63, 3.8) is 0 Å². The SMILES string of the molecule is CCC(C=Nn1cnc2sc(C)c(C)c2c1=O)CC. The largest absolute Gasteiger partial charge is 0.282 e. The Morgan fingerprint density at radius 2 is 2.11 bits per heavy atom. The lowest BCUT2D eigenvalue weighted by atomic mass is 10.1. The van der Waals surface area contributed by atoms with Gasteiger partial charge in [0.1, 0.15) is 11.2 Å². The van der Waals surface area contributed by atoms with E-state index in [1.54, 1.807) is 11.3 Å². The van der Waals surface area contributed by atoms with Crippen LogP contribution in [0.2, 0.25) is 0 Å². The van der Waals surface area contributed by atoms with Crippen LogP contribution in [0.1, 0.15) is 37.1 Å². The molecule has 0 radical (unpaired) electrons. The Hall–Kier alpha value is -1.49. The summed E-state index contributed by atoms with van der Waals surface area (Å²) in [6, 6.07) is 0. The molecular formula is C14H19N3OS. The fraction of sp³-hybridized carbons (Fsp3) is 0.500. The Bertz CT molecular complexity index is 665. The molecule has 4 nitrogen and oxygen atoms in total. The van der Waals surface area contributed by atoms with Gasteiger partial charge in [0.25, 0.3) is 5.56 Å². The van der Waals surface area contributed by atoms with Crippen molar-refractivity contribution in [3.05, 3.63) is 27.1 Å². The van der Waals surface area contributed by atoms with Gasteiger partial charge in [-0.05, 0) is 38.2 Å². The van der Waals surface area contributed by atoms with Crippen molar-refractivity contribution < 1.29 is 0 Å². The highest BCUT2D eigenvalue weighted by molar-refractivity contribution is 7.18. The zero-order valence-electron chi connectivity index (χ0n) is 11.8. The summed E-state index contributed by atoms with van der Waals surface area (Å²) < 4.78 is 1.35. The van der Waals surface area contributed by atoms with Crippen molar-refractivity contribution >= 4 is 27.8 Å². The molecule has 0 N–H and O–H groups in total. The van der Waals surface area contributed by atoms with E-state index >= 15 is 0 Å². The average molecular weight is 277 g/mol. The molecule has 0 saturated heterocycles. The number of rotatable bonds is 4. The predicted molar refractivity (Wildman–Crippen MR) is 81.3 cm³/mol. The normalized spacial score (nSPS) is 12.1. The highest BCUT2D eigenvalue weighted by Crippen LogP contribution is 2.25. The minimum Gasteiger partial charge on any atom is -0.267 e. The first kappa shape index (κ1) is 13.9. The molecule has 0 bridgehead atoms. The van der Waals surface area contributed by atoms with E-state index in [1.807, 2.05) is 20.1 Å². The van der Waals surface area contributed by atoms with Gasteiger partial charge in [0.05, 0.1) is 5.39 Å². The molecule has 2 heterocycles. The van der Waals surface area contributed by atoms with Gasteiger partial charge in [-0.2, -0.15) is 9.78 Å². The molecular weight excluding hydrogens is 258 g/mol. The fourth-order valence-corrected chi connectivity index (χ4v) is 2.96. The number of thiophene rings is 1. The molecule has 2 aromatic rings. The number of fused-ring (bicyclic) bond motifs is 1. The monoisotopic (exact) mass is 277 g/mol. The number of nitrogens with zero attached hydrogens (tertiary/aromatic N) is 3. The molecule has 0 unspecified atom stereocenters. The molecule has 0 aliphatic rings. The highest BCUT2D eigenvalue weighted by atomic mass is 32.1. The van der Waals surface area contributed by atoms with Crippen LogP contribution in [0.25, 0.3) is 10.2 Å². The maximum Gasteiger partial charge on any atom is 0.282 e. The van der Waals surface area contributed by atoms with Crippen LogP contribution in [0, 0.1) is 19.8 Å². The van der Waals surface area contributed by atoms with Crippen LogP contribution in [0.3, 0.4) is 0 Å². The van der Waals surface area contributed by atoms with Crippen molar-refractivity contribution in [2.75, 3.05) is 0 Å². The smallest absolute Gasteiger partial charge is 0.267 e. The van der Waals surface area contributed by atoms with Crippen LogP contribution >= 0.6 is 11.3 Å². The third-order valence-electron chi connectivity index (χ3n) is 3.52. The van der Waals surface area contributed by atoms with E-state index < -0.39 is 0 Å². The number of hydrogen-bond acceptors (Lipinski definition) is 4. The van der Waals surface area contributed by atoms with E-state index in [2.05, 4.69) is 23.9 Å². The van der Waals surface area contributed by atoms with Gasteiger partial charge in [-0.1, -0.05) is 13.8 Å². The maximum atomic E-state index is 12.4. The van der Waals surface area contributed by atoms with E-state index in [0.717, 1.165) is 28.1 Å². The van der Waals surface area contributed by atoms with Crippen molar-refractivity contribution in [2.24, 2.45) is 11.0 Å². The summed E-state index contributed by atoms with van der Waals surface area (Å²) >= 11 is 1.56. The third-order valence-corrected chi connectivity index (χ3v) is 4.64. The molecule has 0 aliphatic heterocycles. The van der Waals surface area contributed by atoms with Gasteiger partial charge in [-0.3, -0.25) is 4.79 Å². The standard InChI is InChI=1S/C14H19N3OS/c1-5-11(6-2)7-16-17-8-15-13-12(14(17)18)9(3)10(4)19-13/h7-8,11H,5-6H2,1-4H3. The van der Waals surface area contributed by atoms with E-state index in [4.69, 9.17) is 0 Å². The third kappa shape index (κ3) is 2.61. The molecule has 102 valence electrons. The number of aromatic nitrogens is 2. The second kappa shape index (κ2) is 5.65. The fourth-order valence-electron chi connectivity index (χ4n) is 1.97. The molecule has 0 aliphatic carbocycles. The van der Waals surface area contributed by atoms with Crippen LogP contribution in [-0.2, 0) is 0 Å². The van der Waals surface area contributed by atoms with E-state index in [-0.39, 0.29) is 5.56 Å². The molecule has 0 amide bonds. The van der Waals surface area contributed by atoms with Crippen molar-refractivity contribution in [3.8, 4) is 0 Å². The molecule has 5 heteroatoms. The van der Waals surface area contributed by atoms with E-state index in [0.29, 0.717) is 11.3 Å². The summed E-state index contributed by atoms with van der Waals surface area (Å²) in [5.41, 5.74) is 0.943. The zero-order valence-corrected chi connectivity index (χ0v) is 12.6. The van der Waals surface area contributed by atoms with Crippen molar-refractivity contribution in [2.45, 2.75) is 40.5 Å². The topological polar surface area (TPSA) is 47.2 Å². The zero-order chi connectivity index (χ0) is 14.0. The molecule has 2 rings (SSSR count). The van der Waals surface area contributed by atoms with Gasteiger partial charge in [-0.15, -0.1) is 11.3 Å². The lowest BCUT2D eigenvalue weighted by Crippen LogP contribution is -2.17. The van der Waals surface area contributed by atoms with Gasteiger partial charge in [0.2, 0.25) is 0 Å². The quantitative estimate of drug-likeness (QED) is 0.805. The molecule has 0 fully saturated rings. The van der Waals surface area contributed by atoms with Gasteiger partial charge >= 0.3 is 0 Å². The van der Waals surface area contributed by atoms with E-state index in [1.165, 1.54) is 11.0 Å². The first-order valence-electron chi connectivity index (χ1n) is 6.60. The molecule has 0 aromatic carbocycles. The van der Waals surface area contributed by atoms with Crippen molar-refractivity contribution in [1.82, 2.24) is 9.66 Å². The van der Waals surface area contributed by atoms with Crippen molar-refractivity contribution in [1.29, 1.82) is 0 Å². The molecule has 0 spiro atoms. The Kier molecular flexibility index (Phi) is 4.14. The van der Waals surface area contributed by atoms with E-state index in [9.17, 15) is 4.79 Å². The van der Waals surface area contributed by atoms with Crippen LogP contribution in [0.5, 0.6) is 0 Å². The lowest BCUT2D eigenvalue weighted by Gasteiger charge is -2.04. The van der Waals surface area contributed by atoms with Crippen LogP contribution in [0.4, 0.5) is 0 Å². The number of hydrogen-bond donors (Lipinski definition) is 0. The summed E-state index contributed by atoms with van der Waals surface area (Å²) in [7, 11) is 0. The minimum atomic E-state index is -0.0749. The summed E-state index contributed by atoms with van der Waals surface area (Å²) in [4.78, 5) is 18.6. The average Bonchev–Trinajstić information content (AvgIpc) is 2.69. The van der Waals surface area contributed by atoms with Crippen LogP contribution < -0.4 is 5.56 Å². The summed E-state index contributed by atoms with van der Waals surface area (Å²) in [6.07, 6.45) is 5.42. The predicted octanol–water partition coefficient (Wildman–Crippen LogP) is 3.34. The molecule has 19 heavy (non-hydrogen) atoms. The molecule has 0 saturated carbocycles. The summed E-state index contributed by atoms with van der Waals surface area (Å²) in [6.45, 7) is 8.22. The lowest BCUT2D eigenvalue weighted by molar-refractivity contribution is 0.645. The Morgan fingerprint density at radius 3 is 2.74 bits per heavy atom. The number of aryl methyl sites for hydroxylation is 2. The first-order valence-corrected chi connectivity index (χ1v) is 7.41. The van der Waals surface area contributed by atoms with Crippen LogP contribution in [0.15, 0.2) is 16.2 Å². The Morgan fingerprint density at radius 1 is 1.42 bits per heavy atom. The Labute approximate surface area is 116 Å². The van der Waals surface area contributed by atoms with Gasteiger partial charge < -0.3 is 0 Å². The second-order valence-corrected chi connectivity index (χ2v) is 5.90. The Balaban J connectivity index is 2.49. The van der Waals surface area contributed by atoms with Gasteiger partial charge in [0, 0.05) is 11.1 Å².